The molecule has 2 N–H and O–H groups in total. The van der Waals surface area contributed by atoms with E-state index < -0.39 is 5.97 Å². The van der Waals surface area contributed by atoms with Gasteiger partial charge in [-0.15, -0.1) is 0 Å². The fourth-order valence-electron chi connectivity index (χ4n) is 2.30. The maximum atomic E-state index is 12.0. The first-order chi connectivity index (χ1) is 10.6. The molecule has 0 unspecified atom stereocenters. The number of carbonyl (C=O) groups excluding carboxylic acids is 2. The van der Waals surface area contributed by atoms with E-state index in [-0.39, 0.29) is 12.6 Å². The lowest BCUT2D eigenvalue weighted by atomic mass is 10.1. The highest BCUT2D eigenvalue weighted by Crippen LogP contribution is 2.11. The van der Waals surface area contributed by atoms with Gasteiger partial charge in [-0.2, -0.15) is 0 Å². The summed E-state index contributed by atoms with van der Waals surface area (Å²) >= 11 is 0. The predicted molar refractivity (Wildman–Crippen MR) is 83.0 cm³/mol. The molecular formula is C16H21N3O3. The van der Waals surface area contributed by atoms with Gasteiger partial charge in [-0.1, -0.05) is 30.3 Å². The summed E-state index contributed by atoms with van der Waals surface area (Å²) in [6.45, 7) is 3.46. The van der Waals surface area contributed by atoms with Crippen molar-refractivity contribution in [3.63, 3.8) is 0 Å². The minimum Gasteiger partial charge on any atom is -0.463 e. The van der Waals surface area contributed by atoms with E-state index in [9.17, 15) is 9.59 Å². The minimum absolute atomic E-state index is 0.194. The number of nitrogens with zero attached hydrogens (tertiary/aromatic N) is 1. The van der Waals surface area contributed by atoms with Crippen molar-refractivity contribution in [2.75, 3.05) is 26.7 Å². The molecule has 2 amide bonds. The Morgan fingerprint density at radius 2 is 2.00 bits per heavy atom. The van der Waals surface area contributed by atoms with Gasteiger partial charge in [0.25, 0.3) is 0 Å². The Hall–Kier alpha value is -2.34. The molecule has 0 bridgehead atoms. The molecule has 1 aromatic carbocycles. The number of carbonyl (C=O) groups is 2. The van der Waals surface area contributed by atoms with Crippen LogP contribution in [0.1, 0.15) is 12.5 Å². The van der Waals surface area contributed by atoms with Crippen LogP contribution in [0.3, 0.4) is 0 Å². The van der Waals surface area contributed by atoms with Gasteiger partial charge in [-0.05, 0) is 19.5 Å². The molecule has 6 nitrogen and oxygen atoms in total. The second kappa shape index (κ2) is 7.61. The number of likely N-dealkylation sites (N-methyl/N-ethyl adjacent to an activating group) is 1. The summed E-state index contributed by atoms with van der Waals surface area (Å²) in [5.74, 6) is -0.391. The lowest BCUT2D eigenvalue weighted by molar-refractivity contribution is -0.138. The van der Waals surface area contributed by atoms with Gasteiger partial charge < -0.3 is 15.4 Å². The summed E-state index contributed by atoms with van der Waals surface area (Å²) in [5.41, 5.74) is 2.24. The normalized spacial score (nSPS) is 14.6. The van der Waals surface area contributed by atoms with Crippen molar-refractivity contribution >= 4 is 12.0 Å². The molecule has 22 heavy (non-hydrogen) atoms. The Morgan fingerprint density at radius 3 is 2.68 bits per heavy atom. The zero-order chi connectivity index (χ0) is 15.9. The van der Waals surface area contributed by atoms with Gasteiger partial charge in [0.2, 0.25) is 0 Å². The van der Waals surface area contributed by atoms with E-state index in [1.807, 2.05) is 42.3 Å². The first kappa shape index (κ1) is 16.0. The number of esters is 1. The highest BCUT2D eigenvalue weighted by Gasteiger charge is 2.24. The molecule has 1 heterocycles. The fourth-order valence-corrected chi connectivity index (χ4v) is 2.30. The largest absolute Gasteiger partial charge is 0.463 e. The smallest absolute Gasteiger partial charge is 0.337 e. The molecule has 0 fully saturated rings. The Labute approximate surface area is 130 Å². The number of hydrogen-bond acceptors (Lipinski definition) is 4. The fraction of sp³-hybridized carbons (Fsp3) is 0.375. The number of hydrogen-bond donors (Lipinski definition) is 2. The zero-order valence-electron chi connectivity index (χ0n) is 12.9. The average Bonchev–Trinajstić information content (AvgIpc) is 2.48. The highest BCUT2D eigenvalue weighted by atomic mass is 16.5. The number of benzene rings is 1. The van der Waals surface area contributed by atoms with Gasteiger partial charge >= 0.3 is 12.0 Å². The first-order valence-electron chi connectivity index (χ1n) is 7.26. The predicted octanol–water partition coefficient (Wildman–Crippen LogP) is 1.25. The van der Waals surface area contributed by atoms with Crippen LogP contribution in [-0.4, -0.2) is 43.6 Å². The van der Waals surface area contributed by atoms with E-state index in [0.717, 1.165) is 6.54 Å². The van der Waals surface area contributed by atoms with E-state index in [4.69, 9.17) is 4.74 Å². The second-order valence-electron chi connectivity index (χ2n) is 5.14. The van der Waals surface area contributed by atoms with Gasteiger partial charge in [0.05, 0.1) is 18.7 Å². The van der Waals surface area contributed by atoms with Crippen LogP contribution in [0.2, 0.25) is 0 Å². The molecule has 0 aromatic heterocycles. The van der Waals surface area contributed by atoms with Crippen LogP contribution in [0.15, 0.2) is 41.6 Å². The van der Waals surface area contributed by atoms with Crippen molar-refractivity contribution in [1.29, 1.82) is 0 Å². The van der Waals surface area contributed by atoms with Crippen LogP contribution in [0, 0.1) is 0 Å². The average molecular weight is 303 g/mol. The molecule has 2 rings (SSSR count). The van der Waals surface area contributed by atoms with E-state index >= 15 is 0 Å². The van der Waals surface area contributed by atoms with Crippen LogP contribution in [0.4, 0.5) is 4.79 Å². The van der Waals surface area contributed by atoms with E-state index in [1.165, 1.54) is 5.56 Å². The van der Waals surface area contributed by atoms with Crippen LogP contribution in [-0.2, 0) is 16.1 Å². The Morgan fingerprint density at radius 1 is 1.27 bits per heavy atom. The summed E-state index contributed by atoms with van der Waals surface area (Å²) in [6.07, 6.45) is 0. The third kappa shape index (κ3) is 4.33. The summed E-state index contributed by atoms with van der Waals surface area (Å²) in [5, 5.41) is 5.31. The summed E-state index contributed by atoms with van der Waals surface area (Å²) in [6, 6.07) is 9.72. The van der Waals surface area contributed by atoms with E-state index in [1.54, 1.807) is 6.92 Å². The Kier molecular flexibility index (Phi) is 5.55. The molecule has 6 heteroatoms. The summed E-state index contributed by atoms with van der Waals surface area (Å²) in [4.78, 5) is 25.5. The highest BCUT2D eigenvalue weighted by molar-refractivity contribution is 5.93. The molecule has 0 spiro atoms. The lowest BCUT2D eigenvalue weighted by Gasteiger charge is -2.25. The van der Waals surface area contributed by atoms with Crippen molar-refractivity contribution in [2.45, 2.75) is 13.5 Å². The number of amides is 2. The van der Waals surface area contributed by atoms with E-state index in [2.05, 4.69) is 10.6 Å². The lowest BCUT2D eigenvalue weighted by Crippen LogP contribution is -2.46. The number of urea groups is 1. The number of ether oxygens (including phenoxy) is 1. The van der Waals surface area contributed by atoms with Crippen molar-refractivity contribution in [1.82, 2.24) is 15.5 Å². The number of nitrogens with one attached hydrogen (secondary N) is 2. The van der Waals surface area contributed by atoms with Gasteiger partial charge in [0, 0.05) is 18.8 Å². The molecule has 1 aliphatic heterocycles. The monoisotopic (exact) mass is 303 g/mol. The van der Waals surface area contributed by atoms with Crippen molar-refractivity contribution in [2.24, 2.45) is 0 Å². The number of rotatable bonds is 6. The summed E-state index contributed by atoms with van der Waals surface area (Å²) < 4.78 is 5.04. The van der Waals surface area contributed by atoms with Crippen LogP contribution < -0.4 is 10.6 Å². The molecule has 0 radical (unpaired) electrons. The molecule has 0 saturated heterocycles. The van der Waals surface area contributed by atoms with Crippen molar-refractivity contribution in [3.8, 4) is 0 Å². The SMILES string of the molecule is CCOC(=O)C1=C(CN(C)Cc2ccccc2)NC(=O)NC1. The third-order valence-corrected chi connectivity index (χ3v) is 3.30. The zero-order valence-corrected chi connectivity index (χ0v) is 12.9. The third-order valence-electron chi connectivity index (χ3n) is 3.30. The minimum atomic E-state index is -0.391. The van der Waals surface area contributed by atoms with Crippen LogP contribution in [0.5, 0.6) is 0 Å². The maximum Gasteiger partial charge on any atom is 0.337 e. The first-order valence-corrected chi connectivity index (χ1v) is 7.26. The van der Waals surface area contributed by atoms with Gasteiger partial charge in [0.15, 0.2) is 0 Å². The molecule has 118 valence electrons. The topological polar surface area (TPSA) is 70.7 Å². The maximum absolute atomic E-state index is 12.0. The van der Waals surface area contributed by atoms with Crippen molar-refractivity contribution < 1.29 is 14.3 Å². The van der Waals surface area contributed by atoms with Gasteiger partial charge in [0.1, 0.15) is 0 Å². The molecule has 1 aromatic rings. The molecule has 0 aliphatic carbocycles. The second-order valence-corrected chi connectivity index (χ2v) is 5.14. The standard InChI is InChI=1S/C16H21N3O3/c1-3-22-15(20)13-9-17-16(21)18-14(13)11-19(2)10-12-7-5-4-6-8-12/h4-8H,3,9-11H2,1-2H3,(H2,17,18,21). The van der Waals surface area contributed by atoms with Crippen LogP contribution >= 0.6 is 0 Å². The van der Waals surface area contributed by atoms with Gasteiger partial charge in [-0.25, -0.2) is 9.59 Å². The molecule has 0 saturated carbocycles. The molecule has 1 aliphatic rings. The quantitative estimate of drug-likeness (QED) is 0.776. The molecule has 0 atom stereocenters. The van der Waals surface area contributed by atoms with Crippen molar-refractivity contribution in [3.05, 3.63) is 47.2 Å². The molecular weight excluding hydrogens is 282 g/mol. The van der Waals surface area contributed by atoms with Gasteiger partial charge in [-0.3, -0.25) is 4.90 Å². The van der Waals surface area contributed by atoms with Crippen LogP contribution in [0.25, 0.3) is 0 Å². The summed E-state index contributed by atoms with van der Waals surface area (Å²) in [7, 11) is 1.94. The Bertz CT molecular complexity index is 569. The Balaban J connectivity index is 2.08. The van der Waals surface area contributed by atoms with E-state index in [0.29, 0.717) is 24.4 Å².